The lowest BCUT2D eigenvalue weighted by molar-refractivity contribution is 0.462. The second kappa shape index (κ2) is 6.25. The second-order valence-electron chi connectivity index (χ2n) is 4.81. The summed E-state index contributed by atoms with van der Waals surface area (Å²) in [4.78, 5) is 39.1. The number of benzene rings is 1. The molecular formula is C14H17N3O4. The Hall–Kier alpha value is -2.57. The normalized spacial score (nSPS) is 12.2. The Bertz CT molecular complexity index is 736. The molecule has 0 fully saturated rings. The van der Waals surface area contributed by atoms with Gasteiger partial charge in [-0.1, -0.05) is 31.9 Å². The van der Waals surface area contributed by atoms with Crippen LogP contribution in [0.5, 0.6) is 5.75 Å². The van der Waals surface area contributed by atoms with Gasteiger partial charge in [0.1, 0.15) is 5.75 Å². The monoisotopic (exact) mass is 291 g/mol. The van der Waals surface area contributed by atoms with E-state index in [-0.39, 0.29) is 5.75 Å². The number of nitrogens with one attached hydrogen (secondary N) is 2. The van der Waals surface area contributed by atoms with Crippen LogP contribution in [0.3, 0.4) is 0 Å². The highest BCUT2D eigenvalue weighted by Crippen LogP contribution is 2.23. The zero-order valence-electron chi connectivity index (χ0n) is 11.6. The van der Waals surface area contributed by atoms with Crippen LogP contribution >= 0.6 is 0 Å². The lowest BCUT2D eigenvalue weighted by Gasteiger charge is -2.18. The minimum Gasteiger partial charge on any atom is -0.508 e. The van der Waals surface area contributed by atoms with Gasteiger partial charge in [-0.05, 0) is 24.1 Å². The third-order valence-electron chi connectivity index (χ3n) is 3.30. The Morgan fingerprint density at radius 2 is 1.67 bits per heavy atom. The van der Waals surface area contributed by atoms with Crippen molar-refractivity contribution in [1.29, 1.82) is 0 Å². The van der Waals surface area contributed by atoms with E-state index in [4.69, 9.17) is 0 Å². The van der Waals surface area contributed by atoms with Gasteiger partial charge in [0.05, 0.1) is 6.04 Å². The number of hydrogen-bond acceptors (Lipinski definition) is 4. The number of hydrogen-bond donors (Lipinski definition) is 3. The van der Waals surface area contributed by atoms with Gasteiger partial charge in [-0.25, -0.2) is 19.0 Å². The lowest BCUT2D eigenvalue weighted by Crippen LogP contribution is -2.45. The van der Waals surface area contributed by atoms with E-state index in [9.17, 15) is 19.5 Å². The second-order valence-corrected chi connectivity index (χ2v) is 4.81. The van der Waals surface area contributed by atoms with Gasteiger partial charge in [0.2, 0.25) is 0 Å². The highest BCUT2D eigenvalue weighted by Gasteiger charge is 2.18. The number of H-pyrrole nitrogens is 2. The highest BCUT2D eigenvalue weighted by molar-refractivity contribution is 5.28. The standard InChI is InChI=1S/C14H17N3O4/c1-2-3-4-11(9-5-7-10(18)8-6-9)17-13(20)15-12(19)16-14(17)21/h5-8,11,18H,2-4H2,1H3,(H2,15,16,19,20,21). The summed E-state index contributed by atoms with van der Waals surface area (Å²) in [5, 5.41) is 9.35. The van der Waals surface area contributed by atoms with Crippen LogP contribution in [0.4, 0.5) is 0 Å². The Labute approximate surface area is 119 Å². The maximum Gasteiger partial charge on any atom is 0.334 e. The molecule has 0 radical (unpaired) electrons. The van der Waals surface area contributed by atoms with Crippen molar-refractivity contribution in [2.75, 3.05) is 0 Å². The minimum atomic E-state index is -0.818. The molecule has 0 saturated carbocycles. The third-order valence-corrected chi connectivity index (χ3v) is 3.30. The van der Waals surface area contributed by atoms with Crippen LogP contribution in [0.25, 0.3) is 0 Å². The van der Waals surface area contributed by atoms with E-state index in [0.29, 0.717) is 6.42 Å². The molecule has 0 aliphatic rings. The predicted molar refractivity (Wildman–Crippen MR) is 77.7 cm³/mol. The molecule has 0 amide bonds. The highest BCUT2D eigenvalue weighted by atomic mass is 16.3. The molecule has 1 heterocycles. The van der Waals surface area contributed by atoms with E-state index in [2.05, 4.69) is 9.97 Å². The van der Waals surface area contributed by atoms with Crippen molar-refractivity contribution >= 4 is 0 Å². The van der Waals surface area contributed by atoms with Gasteiger partial charge < -0.3 is 5.11 Å². The zero-order valence-corrected chi connectivity index (χ0v) is 11.6. The maximum atomic E-state index is 11.9. The molecule has 21 heavy (non-hydrogen) atoms. The average molecular weight is 291 g/mol. The van der Waals surface area contributed by atoms with E-state index in [1.807, 2.05) is 6.92 Å². The van der Waals surface area contributed by atoms with Crippen molar-refractivity contribution in [1.82, 2.24) is 14.5 Å². The van der Waals surface area contributed by atoms with E-state index < -0.39 is 23.1 Å². The summed E-state index contributed by atoms with van der Waals surface area (Å²) >= 11 is 0. The molecule has 2 rings (SSSR count). The molecule has 1 aromatic carbocycles. The summed E-state index contributed by atoms with van der Waals surface area (Å²) < 4.78 is 1.00. The van der Waals surface area contributed by atoms with E-state index in [1.165, 1.54) is 12.1 Å². The van der Waals surface area contributed by atoms with Gasteiger partial charge in [-0.15, -0.1) is 0 Å². The number of aromatic amines is 2. The zero-order chi connectivity index (χ0) is 15.4. The number of phenols is 1. The summed E-state index contributed by atoms with van der Waals surface area (Å²) in [6, 6.07) is 5.83. The van der Waals surface area contributed by atoms with E-state index >= 15 is 0 Å². The first-order valence-electron chi connectivity index (χ1n) is 6.77. The first kappa shape index (κ1) is 14.8. The van der Waals surface area contributed by atoms with Gasteiger partial charge in [-0.3, -0.25) is 9.97 Å². The van der Waals surface area contributed by atoms with Crippen LogP contribution < -0.4 is 17.1 Å². The van der Waals surface area contributed by atoms with Crippen LogP contribution in [0, 0.1) is 0 Å². The number of aromatic nitrogens is 3. The summed E-state index contributed by atoms with van der Waals surface area (Å²) in [5.41, 5.74) is -1.57. The van der Waals surface area contributed by atoms with Crippen LogP contribution in [0.2, 0.25) is 0 Å². The summed E-state index contributed by atoms with van der Waals surface area (Å²) in [6.45, 7) is 2.01. The Morgan fingerprint density at radius 3 is 2.19 bits per heavy atom. The quantitative estimate of drug-likeness (QED) is 0.754. The molecular weight excluding hydrogens is 274 g/mol. The maximum absolute atomic E-state index is 11.9. The lowest BCUT2D eigenvalue weighted by atomic mass is 10.0. The first-order chi connectivity index (χ1) is 10.0. The van der Waals surface area contributed by atoms with Crippen molar-refractivity contribution in [2.45, 2.75) is 32.2 Å². The van der Waals surface area contributed by atoms with Crippen molar-refractivity contribution in [2.24, 2.45) is 0 Å². The molecule has 1 atom stereocenters. The largest absolute Gasteiger partial charge is 0.508 e. The molecule has 0 saturated heterocycles. The van der Waals surface area contributed by atoms with Crippen molar-refractivity contribution < 1.29 is 5.11 Å². The van der Waals surface area contributed by atoms with E-state index in [0.717, 1.165) is 23.0 Å². The molecule has 3 N–H and O–H groups in total. The van der Waals surface area contributed by atoms with E-state index in [1.54, 1.807) is 12.1 Å². The smallest absolute Gasteiger partial charge is 0.334 e. The predicted octanol–water partition coefficient (Wildman–Crippen LogP) is 0.710. The molecule has 7 heteroatoms. The molecule has 1 unspecified atom stereocenters. The van der Waals surface area contributed by atoms with Gasteiger partial charge >= 0.3 is 17.1 Å². The third kappa shape index (κ3) is 3.31. The molecule has 2 aromatic rings. The molecule has 0 spiro atoms. The Morgan fingerprint density at radius 1 is 1.10 bits per heavy atom. The van der Waals surface area contributed by atoms with Gasteiger partial charge in [-0.2, -0.15) is 0 Å². The first-order valence-corrected chi connectivity index (χ1v) is 6.77. The Balaban J connectivity index is 2.56. The van der Waals surface area contributed by atoms with Crippen molar-refractivity contribution in [3.8, 4) is 5.75 Å². The number of nitrogens with zero attached hydrogens (tertiary/aromatic N) is 1. The summed E-state index contributed by atoms with van der Waals surface area (Å²) in [6.07, 6.45) is 2.30. The number of unbranched alkanes of at least 4 members (excludes halogenated alkanes) is 1. The Kier molecular flexibility index (Phi) is 4.42. The minimum absolute atomic E-state index is 0.107. The topological polar surface area (TPSA) is 108 Å². The summed E-state index contributed by atoms with van der Waals surface area (Å²) in [5.74, 6) is 0.107. The van der Waals surface area contributed by atoms with Crippen LogP contribution in [-0.4, -0.2) is 19.6 Å². The van der Waals surface area contributed by atoms with Crippen LogP contribution in [0.15, 0.2) is 38.6 Å². The molecule has 0 aliphatic heterocycles. The number of aromatic hydroxyl groups is 1. The fourth-order valence-corrected chi connectivity index (χ4v) is 2.26. The van der Waals surface area contributed by atoms with Crippen molar-refractivity contribution in [3.63, 3.8) is 0 Å². The van der Waals surface area contributed by atoms with Crippen LogP contribution in [0.1, 0.15) is 37.8 Å². The van der Waals surface area contributed by atoms with Gasteiger partial charge in [0.15, 0.2) is 0 Å². The van der Waals surface area contributed by atoms with Crippen molar-refractivity contribution in [3.05, 3.63) is 61.3 Å². The van der Waals surface area contributed by atoms with Gasteiger partial charge in [0.25, 0.3) is 0 Å². The molecule has 7 nitrogen and oxygen atoms in total. The van der Waals surface area contributed by atoms with Gasteiger partial charge in [0, 0.05) is 0 Å². The SMILES string of the molecule is CCCCC(c1ccc(O)cc1)n1c(=O)[nH]c(=O)[nH]c1=O. The number of phenolic OH excluding ortho intramolecular Hbond substituents is 1. The number of rotatable bonds is 5. The fraction of sp³-hybridized carbons (Fsp3) is 0.357. The molecule has 112 valence electrons. The van der Waals surface area contributed by atoms with Crippen LogP contribution in [-0.2, 0) is 0 Å². The molecule has 0 aliphatic carbocycles. The average Bonchev–Trinajstić information content (AvgIpc) is 2.42. The molecule has 1 aromatic heterocycles. The fourth-order valence-electron chi connectivity index (χ4n) is 2.26. The molecule has 0 bridgehead atoms. The summed E-state index contributed by atoms with van der Waals surface area (Å²) in [7, 11) is 0.